The molecule has 0 saturated carbocycles. The molecule has 2 aromatic rings. The van der Waals surface area contributed by atoms with Gasteiger partial charge in [-0.15, -0.1) is 0 Å². The van der Waals surface area contributed by atoms with Crippen molar-refractivity contribution in [1.82, 2.24) is 15.1 Å². The van der Waals surface area contributed by atoms with Gasteiger partial charge >= 0.3 is 6.03 Å². The molecule has 0 unspecified atom stereocenters. The van der Waals surface area contributed by atoms with Crippen LogP contribution in [0.4, 0.5) is 4.79 Å². The molecule has 3 heterocycles. The third kappa shape index (κ3) is 3.63. The second-order valence-electron chi connectivity index (χ2n) is 9.74. The molecule has 35 heavy (non-hydrogen) atoms. The van der Waals surface area contributed by atoms with E-state index in [0.29, 0.717) is 31.9 Å². The van der Waals surface area contributed by atoms with Gasteiger partial charge in [-0.3, -0.25) is 14.5 Å². The van der Waals surface area contributed by atoms with E-state index in [-0.39, 0.29) is 24.4 Å². The van der Waals surface area contributed by atoms with Crippen molar-refractivity contribution < 1.29 is 23.9 Å². The molecule has 3 aliphatic heterocycles. The molecule has 4 aliphatic rings. The monoisotopic (exact) mass is 475 g/mol. The predicted octanol–water partition coefficient (Wildman–Crippen LogP) is 3.30. The Kier molecular flexibility index (Phi) is 5.39. The van der Waals surface area contributed by atoms with Crippen LogP contribution in [0.1, 0.15) is 54.8 Å². The lowest BCUT2D eigenvalue weighted by molar-refractivity contribution is -0.140. The Morgan fingerprint density at radius 2 is 1.86 bits per heavy atom. The number of hydrogen-bond acceptors (Lipinski definition) is 5. The van der Waals surface area contributed by atoms with Crippen LogP contribution in [0.15, 0.2) is 42.5 Å². The van der Waals surface area contributed by atoms with E-state index in [2.05, 4.69) is 5.32 Å². The first kappa shape index (κ1) is 21.9. The minimum Gasteiger partial charge on any atom is -0.490 e. The van der Waals surface area contributed by atoms with E-state index in [1.165, 1.54) is 0 Å². The van der Waals surface area contributed by atoms with E-state index in [4.69, 9.17) is 9.47 Å². The van der Waals surface area contributed by atoms with E-state index in [9.17, 15) is 14.4 Å². The summed E-state index contributed by atoms with van der Waals surface area (Å²) in [4.78, 5) is 42.9. The minimum absolute atomic E-state index is 0.121. The fraction of sp³-hybridized carbons (Fsp3) is 0.444. The molecule has 0 bridgehead atoms. The summed E-state index contributed by atoms with van der Waals surface area (Å²) in [6.07, 6.45) is 4.75. The van der Waals surface area contributed by atoms with Crippen molar-refractivity contribution in [3.05, 3.63) is 59.2 Å². The summed E-state index contributed by atoms with van der Waals surface area (Å²) in [6, 6.07) is 13.0. The van der Waals surface area contributed by atoms with Gasteiger partial charge < -0.3 is 19.7 Å². The molecule has 8 nitrogen and oxygen atoms in total. The average molecular weight is 476 g/mol. The highest BCUT2D eigenvalue weighted by Crippen LogP contribution is 2.41. The van der Waals surface area contributed by atoms with Crippen molar-refractivity contribution in [1.29, 1.82) is 0 Å². The van der Waals surface area contributed by atoms with Crippen molar-refractivity contribution in [2.75, 3.05) is 26.3 Å². The number of ether oxygens (including phenoxy) is 2. The maximum Gasteiger partial charge on any atom is 0.325 e. The number of carbonyl (C=O) groups is 3. The summed E-state index contributed by atoms with van der Waals surface area (Å²) in [6.45, 7) is 1.56. The smallest absolute Gasteiger partial charge is 0.325 e. The fourth-order valence-corrected chi connectivity index (χ4v) is 5.98. The van der Waals surface area contributed by atoms with E-state index >= 15 is 0 Å². The van der Waals surface area contributed by atoms with Gasteiger partial charge in [-0.1, -0.05) is 30.3 Å². The first-order valence-electron chi connectivity index (χ1n) is 12.5. The third-order valence-electron chi connectivity index (χ3n) is 7.67. The summed E-state index contributed by atoms with van der Waals surface area (Å²) < 4.78 is 11.6. The van der Waals surface area contributed by atoms with Gasteiger partial charge in [0.1, 0.15) is 12.1 Å². The lowest BCUT2D eigenvalue weighted by Crippen LogP contribution is -2.47. The fourth-order valence-electron chi connectivity index (χ4n) is 5.98. The highest BCUT2D eigenvalue weighted by Gasteiger charge is 2.54. The number of rotatable bonds is 3. The summed E-state index contributed by atoms with van der Waals surface area (Å²) in [5, 5.41) is 2.94. The van der Waals surface area contributed by atoms with Gasteiger partial charge in [0.05, 0.1) is 19.3 Å². The summed E-state index contributed by atoms with van der Waals surface area (Å²) in [5.74, 6) is 0.879. The van der Waals surface area contributed by atoms with Crippen molar-refractivity contribution in [3.8, 4) is 11.5 Å². The number of hydrogen-bond donors (Lipinski definition) is 1. The lowest BCUT2D eigenvalue weighted by atomic mass is 9.76. The number of imide groups is 1. The lowest BCUT2D eigenvalue weighted by Gasteiger charge is -2.33. The molecule has 2 fully saturated rings. The number of nitrogens with zero attached hydrogens (tertiary/aromatic N) is 2. The highest BCUT2D eigenvalue weighted by atomic mass is 16.5. The number of urea groups is 1. The maximum absolute atomic E-state index is 13.6. The van der Waals surface area contributed by atoms with E-state index in [1.54, 1.807) is 4.90 Å². The molecule has 1 aliphatic carbocycles. The Labute approximate surface area is 204 Å². The number of aryl methyl sites for hydroxylation is 1. The van der Waals surface area contributed by atoms with E-state index in [1.807, 2.05) is 42.5 Å². The number of benzene rings is 2. The predicted molar refractivity (Wildman–Crippen MR) is 127 cm³/mol. The molecule has 0 aromatic heterocycles. The number of fused-ring (bicyclic) bond motifs is 3. The number of amides is 4. The summed E-state index contributed by atoms with van der Waals surface area (Å²) >= 11 is 0. The Hall–Kier alpha value is -3.55. The molecule has 2 aromatic carbocycles. The van der Waals surface area contributed by atoms with Crippen molar-refractivity contribution in [2.45, 2.75) is 50.1 Å². The molecule has 0 radical (unpaired) electrons. The third-order valence-corrected chi connectivity index (χ3v) is 7.67. The quantitative estimate of drug-likeness (QED) is 0.689. The number of carbonyl (C=O) groups excluding carboxylic acids is 3. The molecular weight excluding hydrogens is 446 g/mol. The van der Waals surface area contributed by atoms with Crippen LogP contribution in [0, 0.1) is 0 Å². The van der Waals surface area contributed by atoms with Gasteiger partial charge in [0.2, 0.25) is 5.91 Å². The normalized spacial score (nSPS) is 25.4. The topological polar surface area (TPSA) is 88.2 Å². The first-order valence-corrected chi connectivity index (χ1v) is 12.5. The highest BCUT2D eigenvalue weighted by molar-refractivity contribution is 6.09. The number of nitrogens with one attached hydrogen (secondary N) is 1. The summed E-state index contributed by atoms with van der Waals surface area (Å²) in [5.41, 5.74) is 1.85. The van der Waals surface area contributed by atoms with Gasteiger partial charge in [0.15, 0.2) is 11.5 Å². The molecule has 8 heteroatoms. The van der Waals surface area contributed by atoms with Gasteiger partial charge in [-0.2, -0.15) is 0 Å². The van der Waals surface area contributed by atoms with Crippen LogP contribution in [0.3, 0.4) is 0 Å². The first-order chi connectivity index (χ1) is 17.1. The maximum atomic E-state index is 13.6. The van der Waals surface area contributed by atoms with Crippen LogP contribution in [0.5, 0.6) is 11.5 Å². The molecule has 4 amide bonds. The van der Waals surface area contributed by atoms with E-state index in [0.717, 1.165) is 59.4 Å². The zero-order valence-electron chi connectivity index (χ0n) is 19.6. The molecule has 1 N–H and O–H groups in total. The van der Waals surface area contributed by atoms with Gasteiger partial charge in [-0.05, 0) is 60.9 Å². The molecule has 2 saturated heterocycles. The minimum atomic E-state index is -1.06. The van der Waals surface area contributed by atoms with Crippen LogP contribution in [0.2, 0.25) is 0 Å². The molecule has 1 spiro atoms. The largest absolute Gasteiger partial charge is 0.490 e. The Morgan fingerprint density at radius 3 is 2.74 bits per heavy atom. The van der Waals surface area contributed by atoms with Crippen LogP contribution >= 0.6 is 0 Å². The van der Waals surface area contributed by atoms with Gasteiger partial charge in [0.25, 0.3) is 5.91 Å². The van der Waals surface area contributed by atoms with E-state index < -0.39 is 11.6 Å². The molecule has 182 valence electrons. The summed E-state index contributed by atoms with van der Waals surface area (Å²) in [7, 11) is 0. The second-order valence-corrected chi connectivity index (χ2v) is 9.74. The van der Waals surface area contributed by atoms with Crippen LogP contribution < -0.4 is 14.8 Å². The SMILES string of the molecule is O=C1N[C@]2(CCCc3ccccc32)C(=O)N1CC(=O)N1CCC[C@@H]1c1ccc2c(c1)OCCCO2. The van der Waals surface area contributed by atoms with Gasteiger partial charge in [-0.25, -0.2) is 4.79 Å². The molecule has 6 rings (SSSR count). The number of likely N-dealkylation sites (tertiary alicyclic amines) is 1. The Bertz CT molecular complexity index is 1200. The van der Waals surface area contributed by atoms with Crippen molar-refractivity contribution >= 4 is 17.8 Å². The Morgan fingerprint density at radius 1 is 1.03 bits per heavy atom. The van der Waals surface area contributed by atoms with Crippen molar-refractivity contribution in [2.24, 2.45) is 0 Å². The van der Waals surface area contributed by atoms with Crippen LogP contribution in [0.25, 0.3) is 0 Å². The van der Waals surface area contributed by atoms with Gasteiger partial charge in [0, 0.05) is 13.0 Å². The molecule has 2 atom stereocenters. The standard InChI is InChI=1S/C27H29N3O5/c31-24(29-13-4-9-21(29)19-10-11-22-23(16-19)35-15-5-14-34-22)17-30-25(32)27(28-26(30)33)12-3-7-18-6-1-2-8-20(18)27/h1-2,6,8,10-11,16,21H,3-5,7,9,12-15,17H2,(H,28,33)/t21-,27+/m1/s1. The zero-order valence-corrected chi connectivity index (χ0v) is 19.6. The van der Waals surface area contributed by atoms with Crippen LogP contribution in [-0.2, 0) is 21.5 Å². The Balaban J connectivity index is 1.22. The zero-order chi connectivity index (χ0) is 24.0. The van der Waals surface area contributed by atoms with Crippen molar-refractivity contribution in [3.63, 3.8) is 0 Å². The van der Waals surface area contributed by atoms with Crippen LogP contribution in [-0.4, -0.2) is 53.9 Å². The molecular formula is C27H29N3O5. The average Bonchev–Trinajstić information content (AvgIpc) is 3.35. The second kappa shape index (κ2) is 8.59.